The molecule has 1 amide bonds. The van der Waals surface area contributed by atoms with E-state index in [1.54, 1.807) is 49.4 Å². The predicted octanol–water partition coefficient (Wildman–Crippen LogP) is 5.81. The van der Waals surface area contributed by atoms with Crippen molar-refractivity contribution in [3.8, 4) is 5.75 Å². The Morgan fingerprint density at radius 1 is 1.12 bits per heavy atom. The van der Waals surface area contributed by atoms with Gasteiger partial charge in [0.2, 0.25) is 11.9 Å². The molecule has 0 aliphatic rings. The van der Waals surface area contributed by atoms with Crippen LogP contribution in [0.1, 0.15) is 28.2 Å². The number of carbonyl (C=O) groups excluding carboxylic acids is 2. The van der Waals surface area contributed by atoms with Crippen LogP contribution in [0, 0.1) is 11.7 Å². The van der Waals surface area contributed by atoms with Crippen LogP contribution >= 0.6 is 11.6 Å². The number of hydrogen-bond acceptors (Lipinski definition) is 9. The monoisotopic (exact) mass is 572 g/mol. The highest BCUT2D eigenvalue weighted by atomic mass is 35.5. The van der Waals surface area contributed by atoms with E-state index in [0.29, 0.717) is 27.8 Å². The van der Waals surface area contributed by atoms with Crippen molar-refractivity contribution in [2.45, 2.75) is 40.3 Å². The number of anilines is 5. The Morgan fingerprint density at radius 3 is 2.52 bits per heavy atom. The van der Waals surface area contributed by atoms with Gasteiger partial charge >= 0.3 is 5.97 Å². The third-order valence-corrected chi connectivity index (χ3v) is 5.60. The summed E-state index contributed by atoms with van der Waals surface area (Å²) in [5, 5.41) is 8.83. The third kappa shape index (κ3) is 9.21. The van der Waals surface area contributed by atoms with E-state index in [4.69, 9.17) is 26.8 Å². The molecule has 5 N–H and O–H groups in total. The van der Waals surface area contributed by atoms with E-state index in [2.05, 4.69) is 32.5 Å². The summed E-state index contributed by atoms with van der Waals surface area (Å²) in [5.41, 5.74) is 7.32. The van der Waals surface area contributed by atoms with Crippen molar-refractivity contribution in [1.29, 1.82) is 0 Å². The molecule has 0 spiro atoms. The van der Waals surface area contributed by atoms with Crippen molar-refractivity contribution in [2.24, 2.45) is 11.7 Å². The minimum atomic E-state index is -0.717. The number of hydrogen-bond donors (Lipinski definition) is 4. The number of carbonyl (C=O) groups is 2. The van der Waals surface area contributed by atoms with Crippen molar-refractivity contribution in [2.75, 3.05) is 22.6 Å². The number of esters is 1. The Morgan fingerprint density at radius 2 is 1.82 bits per heavy atom. The lowest BCUT2D eigenvalue weighted by molar-refractivity contribution is -0.148. The van der Waals surface area contributed by atoms with Gasteiger partial charge in [-0.25, -0.2) is 9.37 Å². The molecule has 3 aromatic rings. The van der Waals surface area contributed by atoms with Gasteiger partial charge in [0.25, 0.3) is 0 Å². The highest BCUT2D eigenvalue weighted by molar-refractivity contribution is 6.32. The highest BCUT2D eigenvalue weighted by Crippen LogP contribution is 2.30. The van der Waals surface area contributed by atoms with Gasteiger partial charge < -0.3 is 31.2 Å². The van der Waals surface area contributed by atoms with Gasteiger partial charge in [0.1, 0.15) is 24.5 Å². The van der Waals surface area contributed by atoms with Crippen LogP contribution in [0.15, 0.2) is 61.3 Å². The molecule has 1 aromatic heterocycles. The van der Waals surface area contributed by atoms with Gasteiger partial charge in [-0.15, -0.1) is 0 Å². The second-order valence-corrected chi connectivity index (χ2v) is 9.30. The number of nitrogens with two attached hydrogens (primary N) is 1. The summed E-state index contributed by atoms with van der Waals surface area (Å²) in [6.07, 6.45) is 1.66. The van der Waals surface area contributed by atoms with Crippen LogP contribution in [0.4, 0.5) is 33.2 Å². The maximum Gasteiger partial charge on any atom is 0.323 e. The lowest BCUT2D eigenvalue weighted by Crippen LogP contribution is -2.38. The van der Waals surface area contributed by atoms with Crippen LogP contribution in [0.2, 0.25) is 5.02 Å². The van der Waals surface area contributed by atoms with E-state index in [1.165, 1.54) is 0 Å². The molecular weight excluding hydrogens is 539 g/mol. The lowest BCUT2D eigenvalue weighted by Gasteiger charge is -2.19. The van der Waals surface area contributed by atoms with Gasteiger partial charge in [-0.1, -0.05) is 45.5 Å². The number of benzene rings is 2. The molecule has 2 atom stereocenters. The Balaban J connectivity index is 0.00000560. The van der Waals surface area contributed by atoms with Crippen LogP contribution < -0.4 is 26.4 Å². The first kappa shape index (κ1) is 32.0. The quantitative estimate of drug-likeness (QED) is 0.156. The second-order valence-electron chi connectivity index (χ2n) is 8.89. The SMILES string of the molecule is C.C=CC(=O)Nc1cccc(Nc2nc(Nc3ccc(Cl)c(O[C@@H](C)COC(=O)[C@@H](N)C(C)C)c3)ncc2F)c1. The zero-order valence-electron chi connectivity index (χ0n) is 21.7. The smallest absolute Gasteiger partial charge is 0.323 e. The fraction of sp³-hybridized carbons (Fsp3) is 0.286. The molecule has 10 nitrogen and oxygen atoms in total. The molecule has 0 saturated heterocycles. The van der Waals surface area contributed by atoms with E-state index in [-0.39, 0.29) is 37.6 Å². The van der Waals surface area contributed by atoms with Crippen LogP contribution in [0.25, 0.3) is 0 Å². The normalized spacial score (nSPS) is 12.0. The molecule has 3 rings (SSSR count). The topological polar surface area (TPSA) is 140 Å². The third-order valence-electron chi connectivity index (χ3n) is 5.29. The molecule has 40 heavy (non-hydrogen) atoms. The van der Waals surface area contributed by atoms with Gasteiger partial charge in [-0.3, -0.25) is 9.59 Å². The Hall–Kier alpha value is -4.22. The molecule has 0 aliphatic heterocycles. The average molecular weight is 573 g/mol. The standard InChI is InChI=1S/C27H30ClFN6O4.CH4/c1-5-23(36)32-17-7-6-8-18(11-17)33-25-21(29)13-31-27(35-25)34-19-9-10-20(28)22(12-19)39-16(4)14-38-26(37)24(30)15(2)3;/h5-13,15-16,24H,1,14,30H2,2-4H3,(H,32,36)(H2,31,33,34,35);1H4/t16-,24-;/m0./s1. The van der Waals surface area contributed by atoms with Gasteiger partial charge in [0.15, 0.2) is 11.6 Å². The summed E-state index contributed by atoms with van der Waals surface area (Å²) in [5.74, 6) is -1.26. The van der Waals surface area contributed by atoms with Crippen molar-refractivity contribution < 1.29 is 23.5 Å². The first-order chi connectivity index (χ1) is 18.5. The summed E-state index contributed by atoms with van der Waals surface area (Å²) in [6.45, 7) is 8.79. The van der Waals surface area contributed by atoms with E-state index in [0.717, 1.165) is 12.3 Å². The maximum atomic E-state index is 14.5. The number of halogens is 2. The summed E-state index contributed by atoms with van der Waals surface area (Å²) < 4.78 is 25.5. The molecule has 12 heteroatoms. The molecule has 0 radical (unpaired) electrons. The van der Waals surface area contributed by atoms with Crippen molar-refractivity contribution >= 4 is 52.3 Å². The number of ether oxygens (including phenoxy) is 2. The molecule has 0 bridgehead atoms. The molecule has 2 aromatic carbocycles. The fourth-order valence-corrected chi connectivity index (χ4v) is 3.30. The van der Waals surface area contributed by atoms with Crippen LogP contribution in [0.5, 0.6) is 5.75 Å². The Kier molecular flexibility index (Phi) is 11.8. The van der Waals surface area contributed by atoms with Gasteiger partial charge in [-0.2, -0.15) is 4.98 Å². The number of rotatable bonds is 12. The van der Waals surface area contributed by atoms with E-state index in [9.17, 15) is 14.0 Å². The molecule has 214 valence electrons. The Labute approximate surface area is 238 Å². The largest absolute Gasteiger partial charge is 0.486 e. The van der Waals surface area contributed by atoms with Crippen LogP contribution in [-0.2, 0) is 14.3 Å². The molecule has 0 fully saturated rings. The average Bonchev–Trinajstić information content (AvgIpc) is 2.90. The Bertz CT molecular complexity index is 1340. The number of amides is 1. The number of aromatic nitrogens is 2. The predicted molar refractivity (Wildman–Crippen MR) is 156 cm³/mol. The molecule has 0 aliphatic carbocycles. The number of nitrogens with zero attached hydrogens (tertiary/aromatic N) is 2. The first-order valence-corrected chi connectivity index (χ1v) is 12.4. The summed E-state index contributed by atoms with van der Waals surface area (Å²) in [7, 11) is 0. The zero-order chi connectivity index (χ0) is 28.5. The minimum absolute atomic E-state index is 0. The van der Waals surface area contributed by atoms with Crippen molar-refractivity contribution in [1.82, 2.24) is 9.97 Å². The molecule has 0 unspecified atom stereocenters. The number of nitrogens with one attached hydrogen (secondary N) is 3. The lowest BCUT2D eigenvalue weighted by atomic mass is 10.1. The summed E-state index contributed by atoms with van der Waals surface area (Å²) >= 11 is 6.28. The summed E-state index contributed by atoms with van der Waals surface area (Å²) in [6, 6.07) is 10.9. The second kappa shape index (κ2) is 14.8. The van der Waals surface area contributed by atoms with Gasteiger partial charge in [0, 0.05) is 23.1 Å². The molecule has 1 heterocycles. The van der Waals surface area contributed by atoms with Crippen LogP contribution in [0.3, 0.4) is 0 Å². The molecular formula is C28H34ClFN6O4. The van der Waals surface area contributed by atoms with Gasteiger partial charge in [0.05, 0.1) is 11.2 Å². The van der Waals surface area contributed by atoms with Crippen molar-refractivity contribution in [3.63, 3.8) is 0 Å². The zero-order valence-corrected chi connectivity index (χ0v) is 22.5. The van der Waals surface area contributed by atoms with Crippen molar-refractivity contribution in [3.05, 3.63) is 72.2 Å². The van der Waals surface area contributed by atoms with E-state index in [1.807, 2.05) is 13.8 Å². The maximum absolute atomic E-state index is 14.5. The van der Waals surface area contributed by atoms with Crippen LogP contribution in [-0.4, -0.2) is 40.6 Å². The molecule has 0 saturated carbocycles. The minimum Gasteiger partial charge on any atom is -0.486 e. The highest BCUT2D eigenvalue weighted by Gasteiger charge is 2.20. The fourth-order valence-electron chi connectivity index (χ4n) is 3.14. The van der Waals surface area contributed by atoms with Gasteiger partial charge in [-0.05, 0) is 49.2 Å². The summed E-state index contributed by atoms with van der Waals surface area (Å²) in [4.78, 5) is 31.7. The van der Waals surface area contributed by atoms with E-state index >= 15 is 0 Å². The van der Waals surface area contributed by atoms with E-state index < -0.39 is 23.9 Å². The first-order valence-electron chi connectivity index (χ1n) is 12.0.